The molecule has 1 N–H and O–H groups in total. The summed E-state index contributed by atoms with van der Waals surface area (Å²) in [5.74, 6) is 1.02. The predicted molar refractivity (Wildman–Crippen MR) is 112 cm³/mol. The van der Waals surface area contributed by atoms with Crippen molar-refractivity contribution in [2.75, 3.05) is 12.4 Å². The Bertz CT molecular complexity index is 1230. The Morgan fingerprint density at radius 3 is 2.90 bits per heavy atom. The molecule has 0 spiro atoms. The fraction of sp³-hybridized carbons (Fsp3) is 0.190. The number of hydrogen-bond acceptors (Lipinski definition) is 5. The first-order valence-electron chi connectivity index (χ1n) is 9.14. The number of ether oxygens (including phenoxy) is 1. The van der Waals surface area contributed by atoms with Gasteiger partial charge in [-0.15, -0.1) is 0 Å². The van der Waals surface area contributed by atoms with Crippen LogP contribution in [0.2, 0.25) is 0 Å². The first-order chi connectivity index (χ1) is 14.0. The lowest BCUT2D eigenvalue weighted by atomic mass is 9.85. The van der Waals surface area contributed by atoms with E-state index in [0.717, 1.165) is 32.6 Å². The average Bonchev–Trinajstić information content (AvgIpc) is 3.28. The number of methoxy groups -OCH3 is 1. The first kappa shape index (κ1) is 17.9. The molecular formula is C21H17BrN4O3. The molecule has 0 radical (unpaired) electrons. The minimum atomic E-state index is -0.190. The summed E-state index contributed by atoms with van der Waals surface area (Å²) in [6.07, 6.45) is 0.305. The van der Waals surface area contributed by atoms with Crippen molar-refractivity contribution in [2.24, 2.45) is 0 Å². The predicted octanol–water partition coefficient (Wildman–Crippen LogP) is 4.57. The quantitative estimate of drug-likeness (QED) is 0.492. The van der Waals surface area contributed by atoms with Gasteiger partial charge in [-0.3, -0.25) is 4.79 Å². The number of hydrogen-bond donors (Lipinski definition) is 1. The highest BCUT2D eigenvalue weighted by Gasteiger charge is 2.35. The van der Waals surface area contributed by atoms with Gasteiger partial charge in [-0.05, 0) is 37.3 Å². The average molecular weight is 453 g/mol. The van der Waals surface area contributed by atoms with Gasteiger partial charge in [-0.2, -0.15) is 14.8 Å². The molecule has 0 saturated heterocycles. The number of aryl methyl sites for hydroxylation is 1. The molecule has 4 aromatic rings. The standard InChI is InChI=1S/C21H17BrN4O3/c1-11-19-14(13-9-12(22)7-8-16(13)28-2)10-18(27)24-20(19)26(25-11)21-23-15-5-3-4-6-17(15)29-21/h3-9,14H,10H2,1-2H3,(H,24,27)/t14-/m0/s1. The molecule has 0 aliphatic carbocycles. The summed E-state index contributed by atoms with van der Waals surface area (Å²) in [6.45, 7) is 1.92. The maximum atomic E-state index is 12.6. The van der Waals surface area contributed by atoms with Crippen molar-refractivity contribution in [3.63, 3.8) is 0 Å². The number of halogens is 1. The second-order valence-corrected chi connectivity index (χ2v) is 7.83. The van der Waals surface area contributed by atoms with E-state index in [-0.39, 0.29) is 11.8 Å². The fourth-order valence-electron chi connectivity index (χ4n) is 3.88. The third-order valence-corrected chi connectivity index (χ3v) is 5.63. The monoisotopic (exact) mass is 452 g/mol. The number of para-hydroxylation sites is 2. The van der Waals surface area contributed by atoms with Crippen molar-refractivity contribution >= 4 is 38.8 Å². The molecule has 5 rings (SSSR count). The first-order valence-corrected chi connectivity index (χ1v) is 9.93. The van der Waals surface area contributed by atoms with E-state index in [1.807, 2.05) is 49.4 Å². The summed E-state index contributed by atoms with van der Waals surface area (Å²) in [6, 6.07) is 13.6. The van der Waals surface area contributed by atoms with Gasteiger partial charge < -0.3 is 14.5 Å². The molecule has 8 heteroatoms. The summed E-state index contributed by atoms with van der Waals surface area (Å²) < 4.78 is 13.9. The highest BCUT2D eigenvalue weighted by molar-refractivity contribution is 9.10. The zero-order chi connectivity index (χ0) is 20.1. The SMILES string of the molecule is COc1ccc(Br)cc1[C@@H]1CC(=O)Nc2c1c(C)nn2-c1nc2ccccc2o1. The van der Waals surface area contributed by atoms with Gasteiger partial charge in [0.1, 0.15) is 17.1 Å². The molecule has 0 saturated carbocycles. The molecule has 0 unspecified atom stereocenters. The highest BCUT2D eigenvalue weighted by Crippen LogP contribution is 2.43. The number of carbonyl (C=O) groups excluding carboxylic acids is 1. The number of oxazole rings is 1. The Balaban J connectivity index is 1.70. The normalized spacial score (nSPS) is 16.0. The van der Waals surface area contributed by atoms with Crippen LogP contribution in [0.5, 0.6) is 5.75 Å². The summed E-state index contributed by atoms with van der Waals surface area (Å²) in [5.41, 5.74) is 4.06. The van der Waals surface area contributed by atoms with E-state index in [1.165, 1.54) is 0 Å². The van der Waals surface area contributed by atoms with Crippen LogP contribution in [0.25, 0.3) is 17.1 Å². The van der Waals surface area contributed by atoms with Crippen LogP contribution in [-0.2, 0) is 4.79 Å². The van der Waals surface area contributed by atoms with Crippen LogP contribution in [0.15, 0.2) is 51.4 Å². The van der Waals surface area contributed by atoms with E-state index >= 15 is 0 Å². The van der Waals surface area contributed by atoms with Crippen LogP contribution in [-0.4, -0.2) is 27.8 Å². The van der Waals surface area contributed by atoms with Crippen LogP contribution in [0.4, 0.5) is 5.82 Å². The van der Waals surface area contributed by atoms with E-state index < -0.39 is 0 Å². The van der Waals surface area contributed by atoms with E-state index in [1.54, 1.807) is 11.8 Å². The lowest BCUT2D eigenvalue weighted by Crippen LogP contribution is -2.25. The van der Waals surface area contributed by atoms with Crippen LogP contribution < -0.4 is 10.1 Å². The maximum absolute atomic E-state index is 12.6. The number of carbonyl (C=O) groups is 1. The van der Waals surface area contributed by atoms with E-state index in [0.29, 0.717) is 23.8 Å². The molecule has 1 amide bonds. The third-order valence-electron chi connectivity index (χ3n) is 5.13. The van der Waals surface area contributed by atoms with Crippen LogP contribution >= 0.6 is 15.9 Å². The summed E-state index contributed by atoms with van der Waals surface area (Å²) in [7, 11) is 1.63. The lowest BCUT2D eigenvalue weighted by molar-refractivity contribution is -0.116. The fourth-order valence-corrected chi connectivity index (χ4v) is 4.26. The van der Waals surface area contributed by atoms with E-state index in [4.69, 9.17) is 9.15 Å². The largest absolute Gasteiger partial charge is 0.496 e. The van der Waals surface area contributed by atoms with Crippen LogP contribution in [0.3, 0.4) is 0 Å². The Hall–Kier alpha value is -3.13. The summed E-state index contributed by atoms with van der Waals surface area (Å²) in [4.78, 5) is 17.1. The maximum Gasteiger partial charge on any atom is 0.325 e. The number of rotatable bonds is 3. The Labute approximate surface area is 174 Å². The highest BCUT2D eigenvalue weighted by atomic mass is 79.9. The molecule has 0 bridgehead atoms. The smallest absolute Gasteiger partial charge is 0.325 e. The van der Waals surface area contributed by atoms with Crippen LogP contribution in [0, 0.1) is 6.92 Å². The number of aromatic nitrogens is 3. The van der Waals surface area contributed by atoms with Crippen molar-refractivity contribution in [1.29, 1.82) is 0 Å². The Kier molecular flexibility index (Phi) is 4.16. The minimum absolute atomic E-state index is 0.0956. The molecule has 1 aliphatic heterocycles. The molecule has 0 fully saturated rings. The zero-order valence-electron chi connectivity index (χ0n) is 15.8. The molecule has 3 heterocycles. The Morgan fingerprint density at radius 2 is 2.10 bits per heavy atom. The van der Waals surface area contributed by atoms with Gasteiger partial charge in [0.15, 0.2) is 5.58 Å². The van der Waals surface area contributed by atoms with Gasteiger partial charge in [0, 0.05) is 27.9 Å². The van der Waals surface area contributed by atoms with Crippen molar-refractivity contribution in [3.8, 4) is 11.8 Å². The molecule has 7 nitrogen and oxygen atoms in total. The van der Waals surface area contributed by atoms with Gasteiger partial charge in [-0.1, -0.05) is 28.1 Å². The van der Waals surface area contributed by atoms with Crippen LogP contribution in [0.1, 0.15) is 29.2 Å². The summed E-state index contributed by atoms with van der Waals surface area (Å²) >= 11 is 3.53. The molecular weight excluding hydrogens is 436 g/mol. The van der Waals surface area contributed by atoms with Gasteiger partial charge in [0.2, 0.25) is 5.91 Å². The van der Waals surface area contributed by atoms with Crippen molar-refractivity contribution in [2.45, 2.75) is 19.3 Å². The number of amides is 1. The number of benzene rings is 2. The number of nitrogens with zero attached hydrogens (tertiary/aromatic N) is 3. The molecule has 29 heavy (non-hydrogen) atoms. The molecule has 146 valence electrons. The second kappa shape index (κ2) is 6.73. The van der Waals surface area contributed by atoms with Gasteiger partial charge in [0.25, 0.3) is 0 Å². The van der Waals surface area contributed by atoms with E-state index in [9.17, 15) is 4.79 Å². The van der Waals surface area contributed by atoms with Gasteiger partial charge >= 0.3 is 6.01 Å². The summed E-state index contributed by atoms with van der Waals surface area (Å²) in [5, 5.41) is 7.59. The number of fused-ring (bicyclic) bond motifs is 2. The van der Waals surface area contributed by atoms with E-state index in [2.05, 4.69) is 31.3 Å². The Morgan fingerprint density at radius 1 is 1.28 bits per heavy atom. The molecule has 1 atom stereocenters. The third kappa shape index (κ3) is 2.91. The topological polar surface area (TPSA) is 82.2 Å². The van der Waals surface area contributed by atoms with Crippen molar-refractivity contribution in [1.82, 2.24) is 14.8 Å². The van der Waals surface area contributed by atoms with Gasteiger partial charge in [-0.25, -0.2) is 0 Å². The van der Waals surface area contributed by atoms with Crippen molar-refractivity contribution in [3.05, 3.63) is 63.8 Å². The lowest BCUT2D eigenvalue weighted by Gasteiger charge is -2.25. The van der Waals surface area contributed by atoms with Crippen molar-refractivity contribution < 1.29 is 13.9 Å². The molecule has 1 aliphatic rings. The minimum Gasteiger partial charge on any atom is -0.496 e. The van der Waals surface area contributed by atoms with Gasteiger partial charge in [0.05, 0.1) is 12.8 Å². The molecule has 2 aromatic heterocycles. The number of anilines is 1. The zero-order valence-corrected chi connectivity index (χ0v) is 17.4. The number of nitrogens with one attached hydrogen (secondary N) is 1. The second-order valence-electron chi connectivity index (χ2n) is 6.91. The molecule has 2 aromatic carbocycles.